The third-order valence-electron chi connectivity index (χ3n) is 31.0. The van der Waals surface area contributed by atoms with Gasteiger partial charge in [-0.1, -0.05) is 205 Å². The van der Waals surface area contributed by atoms with Gasteiger partial charge >= 0.3 is 0 Å². The summed E-state index contributed by atoms with van der Waals surface area (Å²) in [5.41, 5.74) is 19.8. The number of halogens is 3. The Labute approximate surface area is 830 Å². The topological polar surface area (TPSA) is 240 Å². The van der Waals surface area contributed by atoms with Gasteiger partial charge in [0.2, 0.25) is 22.8 Å². The zero-order valence-electron chi connectivity index (χ0n) is 80.4. The first-order valence-electron chi connectivity index (χ1n) is 48.3. The Morgan fingerprint density at radius 3 is 1.03 bits per heavy atom. The van der Waals surface area contributed by atoms with Crippen molar-refractivity contribution < 1.29 is 32.3 Å². The Hall–Kier alpha value is -17.2. The number of para-hydroxylation sites is 4. The van der Waals surface area contributed by atoms with Gasteiger partial charge < -0.3 is 19.2 Å². The van der Waals surface area contributed by atoms with Crippen molar-refractivity contribution in [3.05, 3.63) is 415 Å². The molecule has 23 heteroatoms. The van der Waals surface area contributed by atoms with Crippen LogP contribution in [0.2, 0.25) is 0 Å². The number of carbonyl (C=O) groups is 4. The number of Topliss-reactive ketones (excluding diaryl/α,β-unsaturated/α-hetero) is 4. The first-order chi connectivity index (χ1) is 69.6. The second-order valence-electron chi connectivity index (χ2n) is 39.2. The molecule has 8 heterocycles. The number of fused-ring (bicyclic) bond motifs is 16. The van der Waals surface area contributed by atoms with E-state index in [4.69, 9.17) is 66.2 Å². The second kappa shape index (κ2) is 36.8. The Balaban J connectivity index is 0.000000113. The van der Waals surface area contributed by atoms with Gasteiger partial charge in [-0.15, -0.1) is 0 Å². The fourth-order valence-corrected chi connectivity index (χ4v) is 23.7. The molecular weight excluding hydrogens is 1800 g/mol. The van der Waals surface area contributed by atoms with Crippen molar-refractivity contribution in [2.75, 3.05) is 0 Å². The van der Waals surface area contributed by atoms with Crippen molar-refractivity contribution in [2.45, 2.75) is 135 Å². The van der Waals surface area contributed by atoms with E-state index < -0.39 is 21.7 Å². The molecule has 0 bridgehead atoms. The molecule has 8 aliphatic rings. The number of ketones is 4. The number of hydrogen-bond donors (Lipinski definition) is 0. The average Bonchev–Trinajstić information content (AvgIpc) is 0.728. The molecule has 0 saturated heterocycles. The molecule has 16 aromatic rings. The first-order valence-corrected chi connectivity index (χ1v) is 48.3. The lowest BCUT2D eigenvalue weighted by Gasteiger charge is -2.46. The van der Waals surface area contributed by atoms with E-state index >= 15 is 8.78 Å². The van der Waals surface area contributed by atoms with Gasteiger partial charge in [-0.05, 0) is 186 Å². The smallest absolute Gasteiger partial charge is 0.231 e. The average molecular weight is 1890 g/mol. The highest BCUT2D eigenvalue weighted by Gasteiger charge is 2.54. The zero-order valence-corrected chi connectivity index (χ0v) is 80.4. The molecule has 0 spiro atoms. The maximum absolute atomic E-state index is 15.1. The Morgan fingerprint density at radius 2 is 0.660 bits per heavy atom. The largest absolute Gasteiger partial charge is 0.308 e. The van der Waals surface area contributed by atoms with Crippen molar-refractivity contribution >= 4 is 66.7 Å². The van der Waals surface area contributed by atoms with Gasteiger partial charge in [-0.25, -0.2) is 72.4 Å². The predicted molar refractivity (Wildman–Crippen MR) is 550 cm³/mol. The van der Waals surface area contributed by atoms with Crippen LogP contribution in [0.5, 0.6) is 0 Å². The molecular formula is C121H93F3N16O4. The molecule has 0 saturated carbocycles. The maximum atomic E-state index is 15.1. The zero-order chi connectivity index (χ0) is 100. The van der Waals surface area contributed by atoms with Gasteiger partial charge in [0.05, 0.1) is 93.9 Å². The van der Waals surface area contributed by atoms with Gasteiger partial charge in [-0.2, -0.15) is 0 Å². The van der Waals surface area contributed by atoms with E-state index in [9.17, 15) is 23.6 Å². The molecule has 8 aromatic heterocycles. The highest BCUT2D eigenvalue weighted by Crippen LogP contribution is 2.57. The minimum absolute atomic E-state index is 0.00611. The molecule has 0 unspecified atom stereocenters. The molecule has 0 N–H and O–H groups in total. The lowest BCUT2D eigenvalue weighted by atomic mass is 9.58. The quantitative estimate of drug-likeness (QED) is 0.128. The number of rotatable bonds is 8. The minimum atomic E-state index is -0.772. The summed E-state index contributed by atoms with van der Waals surface area (Å²) in [4.78, 5) is 124. The molecule has 10 atom stereocenters. The fourth-order valence-electron chi connectivity index (χ4n) is 23.7. The van der Waals surface area contributed by atoms with Gasteiger partial charge in [0.15, 0.2) is 46.4 Å². The summed E-state index contributed by atoms with van der Waals surface area (Å²) in [7, 11) is 0. The normalized spacial score (nSPS) is 21.9. The summed E-state index contributed by atoms with van der Waals surface area (Å²) in [5, 5.41) is 3.72. The standard InChI is InChI=1S/C31H26N4O.C30H23FN4O.C30H21FN4O.C30H23FN4O/c1-18-9-11-20(12-10-18)27-23-13-14-24-19(2)28(36)26(32-4)17-31(24,3)29(23)35-30(34-27)22-15-16-33-25-8-6-5-7-21(22)25;2*1-17-22-13-12-21-26(20-9-4-6-10-23(20)31)34-29(19-14-15-33-24-11-7-5-8-18(19)24)35-28(21)30(22,2)16-25(32-3)27(17)36;1-17-23-12-11-22-26(18-7-6-8-19(31)15-18)34-29(21-13-14-33-24-10-5-4-9-20(21)24)35-28(22)30(23,2)16-25(32-3)27(17)36/h5-12,15-17,19,24H,13-14H2,1-3H3;4-11,14-17,22H,12-13H2,1-2H3;4-11,14-16H,12-13H2,1-2H3;4-10,13-17,23H,11-12H2,1-2H3/t19-,24-,31-;17-,22-,30-;30-;17-,23-,30-/m1111/s1. The molecule has 8 aliphatic carbocycles. The summed E-state index contributed by atoms with van der Waals surface area (Å²) in [6.07, 6.45) is 19.9. The molecule has 8 aromatic carbocycles. The van der Waals surface area contributed by atoms with Crippen LogP contribution in [-0.2, 0) is 66.5 Å². The van der Waals surface area contributed by atoms with Crippen LogP contribution < -0.4 is 0 Å². The van der Waals surface area contributed by atoms with Crippen LogP contribution in [0.25, 0.3) is 154 Å². The summed E-state index contributed by atoms with van der Waals surface area (Å²) in [6, 6.07) is 67.2. The van der Waals surface area contributed by atoms with Crippen LogP contribution in [0.3, 0.4) is 0 Å². The number of benzene rings is 8. The van der Waals surface area contributed by atoms with Crippen molar-refractivity contribution in [2.24, 2.45) is 35.5 Å². The Kier molecular flexibility index (Phi) is 23.8. The van der Waals surface area contributed by atoms with Crippen LogP contribution in [0, 0.1) is 86.2 Å². The van der Waals surface area contributed by atoms with E-state index in [1.165, 1.54) is 29.8 Å². The highest BCUT2D eigenvalue weighted by atomic mass is 19.1. The molecule has 20 nitrogen and oxygen atoms in total. The van der Waals surface area contributed by atoms with Gasteiger partial charge in [0.1, 0.15) is 17.5 Å². The molecule has 0 aliphatic heterocycles. The fraction of sp³-hybridized carbons (Fsp3) is 0.223. The maximum Gasteiger partial charge on any atom is 0.231 e. The number of aryl methyl sites for hydroxylation is 1. The third-order valence-corrected chi connectivity index (χ3v) is 31.0. The number of nitrogens with zero attached hydrogens (tertiary/aromatic N) is 16. The summed E-state index contributed by atoms with van der Waals surface area (Å²) >= 11 is 0. The van der Waals surface area contributed by atoms with E-state index in [0.717, 1.165) is 148 Å². The first kappa shape index (κ1) is 93.2. The molecule has 24 rings (SSSR count). The molecule has 0 fully saturated rings. The number of pyridine rings is 4. The number of hydrogen-bond acceptors (Lipinski definition) is 16. The summed E-state index contributed by atoms with van der Waals surface area (Å²) in [5.74, 6) is -0.127. The lowest BCUT2D eigenvalue weighted by Crippen LogP contribution is -2.46. The van der Waals surface area contributed by atoms with E-state index in [1.54, 1.807) is 86.3 Å². The van der Waals surface area contributed by atoms with Crippen LogP contribution in [0.1, 0.15) is 132 Å². The van der Waals surface area contributed by atoms with Gasteiger partial charge in [-0.3, -0.25) is 19.9 Å². The molecule has 144 heavy (non-hydrogen) atoms. The van der Waals surface area contributed by atoms with Crippen molar-refractivity contribution in [1.29, 1.82) is 0 Å². The van der Waals surface area contributed by atoms with Crippen LogP contribution >= 0.6 is 0 Å². The Bertz CT molecular complexity index is 8530. The molecule has 702 valence electrons. The van der Waals surface area contributed by atoms with Crippen LogP contribution in [0.15, 0.2) is 301 Å². The van der Waals surface area contributed by atoms with Crippen molar-refractivity contribution in [3.8, 4) is 90.6 Å². The van der Waals surface area contributed by atoms with E-state index in [2.05, 4.69) is 97.3 Å². The lowest BCUT2D eigenvalue weighted by molar-refractivity contribution is -0.122. The number of aromatic nitrogens is 12. The molecule has 0 radical (unpaired) electrons. The van der Waals surface area contributed by atoms with E-state index in [1.807, 2.05) is 161 Å². The van der Waals surface area contributed by atoms with E-state index in [-0.39, 0.29) is 98.9 Å². The number of allylic oxidation sites excluding steroid dienone is 9. The van der Waals surface area contributed by atoms with Crippen LogP contribution in [0.4, 0.5) is 13.2 Å². The third kappa shape index (κ3) is 15.7. The molecule has 0 amide bonds. The summed E-state index contributed by atoms with van der Waals surface area (Å²) in [6.45, 7) is 48.4. The van der Waals surface area contributed by atoms with E-state index in [0.29, 0.717) is 94.0 Å². The van der Waals surface area contributed by atoms with Gasteiger partial charge in [0, 0.05) is 153 Å². The number of carbonyl (C=O) groups excluding carboxylic acids is 4. The monoisotopic (exact) mass is 1890 g/mol. The van der Waals surface area contributed by atoms with Crippen molar-refractivity contribution in [3.63, 3.8) is 0 Å². The predicted octanol–water partition coefficient (Wildman–Crippen LogP) is 25.6. The van der Waals surface area contributed by atoms with Crippen molar-refractivity contribution in [1.82, 2.24) is 59.8 Å². The summed E-state index contributed by atoms with van der Waals surface area (Å²) < 4.78 is 44.6. The SMILES string of the molecule is [C-]#[N+]C1=C[C@@]2(C)c3nc(-c4ccnc5ccccc45)nc(-c4ccc(C)cc4)c3CC[C@@H]2[C@@H](C)C1=O.[C-]#[N+]C1=C[C@@]2(C)c3nc(-c4ccnc5ccccc45)nc(-c4cccc(F)c4)c3CC[C@@H]2[C@@H](C)C1=O.[C-]#[N+]C1=C[C@@]2(C)c3nc(-c4ccnc5ccccc45)nc(-c4ccccc4F)c3CC[C@@H]2[C@@H](C)C1=O.[C-]#[N+]C1=C[C@]2(C)C(=C(C)C1=O)CCc1c(-c3ccccc3F)nc(-c3ccnc4ccccc34)nc12. The highest BCUT2D eigenvalue weighted by molar-refractivity contribution is 6.12. The van der Waals surface area contributed by atoms with Gasteiger partial charge in [0.25, 0.3) is 0 Å². The second-order valence-corrected chi connectivity index (χ2v) is 39.2. The Morgan fingerprint density at radius 1 is 0.326 bits per heavy atom. The minimum Gasteiger partial charge on any atom is -0.308 e. The van der Waals surface area contributed by atoms with Crippen LogP contribution in [-0.4, -0.2) is 82.9 Å².